The molecule has 2 saturated carbocycles. The minimum Gasteiger partial charge on any atom is -0.393 e. The highest BCUT2D eigenvalue weighted by Gasteiger charge is 2.31. The smallest absolute Gasteiger partial charge is 0.0596 e. The number of hydrogen-bond acceptors (Lipinski definition) is 1. The zero-order chi connectivity index (χ0) is 12.8. The molecule has 0 heterocycles. The van der Waals surface area contributed by atoms with Gasteiger partial charge >= 0.3 is 0 Å². The minimum absolute atomic E-state index is 0.0254. The van der Waals surface area contributed by atoms with Crippen molar-refractivity contribution in [3.05, 3.63) is 0 Å². The molecule has 0 aliphatic heterocycles. The molecular weight excluding hydrogens is 220 g/mol. The standard InChI is InChI=1S/C17H32O/c1-2-3-7-14-10-12-16(13-11-14)17(18)15-8-5-4-6-9-15/h14-18H,2-13H2,1H3/t14-,16-,17?. The minimum atomic E-state index is 0.0254. The van der Waals surface area contributed by atoms with E-state index >= 15 is 0 Å². The Morgan fingerprint density at radius 3 is 2.11 bits per heavy atom. The van der Waals surface area contributed by atoms with Crippen molar-refractivity contribution in [3.8, 4) is 0 Å². The molecule has 2 fully saturated rings. The Kier molecular flexibility index (Phi) is 6.01. The van der Waals surface area contributed by atoms with Gasteiger partial charge in [-0.3, -0.25) is 0 Å². The van der Waals surface area contributed by atoms with Gasteiger partial charge in [-0.15, -0.1) is 0 Å². The summed E-state index contributed by atoms with van der Waals surface area (Å²) in [5.41, 5.74) is 0. The van der Waals surface area contributed by atoms with E-state index in [-0.39, 0.29) is 6.10 Å². The van der Waals surface area contributed by atoms with E-state index in [1.807, 2.05) is 0 Å². The fourth-order valence-corrected chi connectivity index (χ4v) is 4.17. The fraction of sp³-hybridized carbons (Fsp3) is 1.00. The first-order valence-corrected chi connectivity index (χ1v) is 8.49. The second-order valence-electron chi connectivity index (χ2n) is 6.81. The van der Waals surface area contributed by atoms with E-state index in [0.717, 1.165) is 5.92 Å². The topological polar surface area (TPSA) is 20.2 Å². The van der Waals surface area contributed by atoms with Crippen LogP contribution in [0.1, 0.15) is 84.0 Å². The highest BCUT2D eigenvalue weighted by molar-refractivity contribution is 4.83. The molecule has 0 aromatic rings. The van der Waals surface area contributed by atoms with Gasteiger partial charge < -0.3 is 5.11 Å². The highest BCUT2D eigenvalue weighted by Crippen LogP contribution is 2.38. The van der Waals surface area contributed by atoms with Crippen molar-refractivity contribution in [2.45, 2.75) is 90.1 Å². The largest absolute Gasteiger partial charge is 0.393 e. The summed E-state index contributed by atoms with van der Waals surface area (Å²) in [5.74, 6) is 2.24. The van der Waals surface area contributed by atoms with Crippen LogP contribution in [0, 0.1) is 17.8 Å². The first kappa shape index (κ1) is 14.4. The molecule has 2 aliphatic rings. The van der Waals surface area contributed by atoms with Crippen LogP contribution in [0.25, 0.3) is 0 Å². The molecule has 0 amide bonds. The molecule has 1 atom stereocenters. The van der Waals surface area contributed by atoms with Crippen molar-refractivity contribution < 1.29 is 5.11 Å². The second-order valence-corrected chi connectivity index (χ2v) is 6.81. The van der Waals surface area contributed by atoms with Crippen molar-refractivity contribution in [2.24, 2.45) is 17.8 Å². The van der Waals surface area contributed by atoms with Crippen LogP contribution in [-0.2, 0) is 0 Å². The van der Waals surface area contributed by atoms with Crippen LogP contribution in [0.4, 0.5) is 0 Å². The molecule has 18 heavy (non-hydrogen) atoms. The summed E-state index contributed by atoms with van der Waals surface area (Å²) in [6, 6.07) is 0. The Labute approximate surface area is 113 Å². The van der Waals surface area contributed by atoms with E-state index in [1.165, 1.54) is 77.0 Å². The molecular formula is C17H32O. The van der Waals surface area contributed by atoms with Crippen LogP contribution in [-0.4, -0.2) is 11.2 Å². The number of unbranched alkanes of at least 4 members (excludes halogenated alkanes) is 1. The van der Waals surface area contributed by atoms with Crippen LogP contribution < -0.4 is 0 Å². The Balaban J connectivity index is 1.71. The molecule has 0 spiro atoms. The van der Waals surface area contributed by atoms with Crippen LogP contribution in [0.5, 0.6) is 0 Å². The van der Waals surface area contributed by atoms with Crippen molar-refractivity contribution in [2.75, 3.05) is 0 Å². The van der Waals surface area contributed by atoms with E-state index in [4.69, 9.17) is 0 Å². The molecule has 1 N–H and O–H groups in total. The first-order valence-electron chi connectivity index (χ1n) is 8.49. The Bertz CT molecular complexity index is 212. The molecule has 1 nitrogen and oxygen atoms in total. The third-order valence-corrected chi connectivity index (χ3v) is 5.47. The van der Waals surface area contributed by atoms with Gasteiger partial charge in [0.2, 0.25) is 0 Å². The van der Waals surface area contributed by atoms with Crippen molar-refractivity contribution in [3.63, 3.8) is 0 Å². The van der Waals surface area contributed by atoms with Gasteiger partial charge in [0.1, 0.15) is 0 Å². The maximum Gasteiger partial charge on any atom is 0.0596 e. The van der Waals surface area contributed by atoms with E-state index in [1.54, 1.807) is 0 Å². The summed E-state index contributed by atoms with van der Waals surface area (Å²) < 4.78 is 0. The van der Waals surface area contributed by atoms with Gasteiger partial charge in [-0.2, -0.15) is 0 Å². The highest BCUT2D eigenvalue weighted by atomic mass is 16.3. The zero-order valence-electron chi connectivity index (χ0n) is 12.2. The summed E-state index contributed by atoms with van der Waals surface area (Å²) in [4.78, 5) is 0. The Morgan fingerprint density at radius 1 is 0.889 bits per heavy atom. The third-order valence-electron chi connectivity index (χ3n) is 5.47. The van der Waals surface area contributed by atoms with Crippen molar-refractivity contribution >= 4 is 0 Å². The molecule has 2 rings (SSSR count). The molecule has 1 unspecified atom stereocenters. The van der Waals surface area contributed by atoms with Crippen LogP contribution in [0.3, 0.4) is 0 Å². The van der Waals surface area contributed by atoms with E-state index in [9.17, 15) is 5.11 Å². The van der Waals surface area contributed by atoms with Crippen molar-refractivity contribution in [1.29, 1.82) is 0 Å². The summed E-state index contributed by atoms with van der Waals surface area (Å²) in [7, 11) is 0. The van der Waals surface area contributed by atoms with Gasteiger partial charge in [0.05, 0.1) is 6.10 Å². The molecule has 0 aromatic carbocycles. The zero-order valence-corrected chi connectivity index (χ0v) is 12.2. The summed E-state index contributed by atoms with van der Waals surface area (Å²) in [6.45, 7) is 2.29. The predicted octanol–water partition coefficient (Wildman–Crippen LogP) is 4.92. The Hall–Kier alpha value is -0.0400. The summed E-state index contributed by atoms with van der Waals surface area (Å²) in [5, 5.41) is 10.6. The summed E-state index contributed by atoms with van der Waals surface area (Å²) >= 11 is 0. The first-order chi connectivity index (χ1) is 8.81. The lowest BCUT2D eigenvalue weighted by Crippen LogP contribution is -2.33. The van der Waals surface area contributed by atoms with E-state index in [0.29, 0.717) is 11.8 Å². The van der Waals surface area contributed by atoms with E-state index < -0.39 is 0 Å². The molecule has 0 saturated heterocycles. The van der Waals surface area contributed by atoms with Gasteiger partial charge in [-0.1, -0.05) is 58.3 Å². The van der Waals surface area contributed by atoms with Gasteiger partial charge in [-0.25, -0.2) is 0 Å². The number of aliphatic hydroxyl groups excluding tert-OH is 1. The molecule has 0 bridgehead atoms. The number of hydrogen-bond donors (Lipinski definition) is 1. The van der Waals surface area contributed by atoms with Gasteiger partial charge in [0.25, 0.3) is 0 Å². The van der Waals surface area contributed by atoms with E-state index in [2.05, 4.69) is 6.92 Å². The van der Waals surface area contributed by atoms with Crippen LogP contribution in [0.15, 0.2) is 0 Å². The lowest BCUT2D eigenvalue weighted by atomic mass is 9.72. The SMILES string of the molecule is CCCC[C@H]1CC[C@H](C(O)C2CCCCC2)CC1. The number of aliphatic hydroxyl groups is 1. The van der Waals surface area contributed by atoms with Gasteiger partial charge in [0, 0.05) is 0 Å². The molecule has 1 heteroatoms. The lowest BCUT2D eigenvalue weighted by molar-refractivity contribution is 0.0116. The van der Waals surface area contributed by atoms with Gasteiger partial charge in [0.15, 0.2) is 0 Å². The monoisotopic (exact) mass is 252 g/mol. The van der Waals surface area contributed by atoms with Crippen molar-refractivity contribution in [1.82, 2.24) is 0 Å². The van der Waals surface area contributed by atoms with Crippen LogP contribution >= 0.6 is 0 Å². The predicted molar refractivity (Wildman–Crippen MR) is 77.6 cm³/mol. The second kappa shape index (κ2) is 7.53. The average molecular weight is 252 g/mol. The molecule has 0 radical (unpaired) electrons. The normalized spacial score (nSPS) is 32.3. The molecule has 2 aliphatic carbocycles. The Morgan fingerprint density at radius 2 is 1.50 bits per heavy atom. The number of rotatable bonds is 5. The lowest BCUT2D eigenvalue weighted by Gasteiger charge is -2.36. The molecule has 0 aromatic heterocycles. The fourth-order valence-electron chi connectivity index (χ4n) is 4.17. The van der Waals surface area contributed by atoms with Crippen LogP contribution in [0.2, 0.25) is 0 Å². The van der Waals surface area contributed by atoms with Gasteiger partial charge in [-0.05, 0) is 43.4 Å². The molecule has 106 valence electrons. The summed E-state index contributed by atoms with van der Waals surface area (Å²) in [6.07, 6.45) is 16.2. The third kappa shape index (κ3) is 3.98. The maximum atomic E-state index is 10.6. The average Bonchev–Trinajstić information content (AvgIpc) is 2.46. The maximum absolute atomic E-state index is 10.6. The quantitative estimate of drug-likeness (QED) is 0.736.